The summed E-state index contributed by atoms with van der Waals surface area (Å²) < 4.78 is 5.50. The molecule has 0 saturated heterocycles. The largest absolute Gasteiger partial charge is 0.479 e. The maximum absolute atomic E-state index is 12.7. The zero-order valence-electron chi connectivity index (χ0n) is 18.5. The van der Waals surface area contributed by atoms with Crippen molar-refractivity contribution >= 4 is 29.7 Å². The SMILES string of the molecule is CSCCC(NC(=O)OCC1c2ccccc2-c2ccccc21)C(=O)NC(C)(CO)C(=O)O. The molecule has 176 valence electrons. The fourth-order valence-electron chi connectivity index (χ4n) is 3.81. The third-order valence-corrected chi connectivity index (χ3v) is 6.39. The number of alkyl carbamates (subject to hydrolysis) is 1. The molecule has 33 heavy (non-hydrogen) atoms. The average molecular weight is 473 g/mol. The number of rotatable bonds is 10. The molecule has 0 aromatic heterocycles. The number of hydrogen-bond acceptors (Lipinski definition) is 6. The van der Waals surface area contributed by atoms with E-state index in [9.17, 15) is 24.6 Å². The highest BCUT2D eigenvalue weighted by Gasteiger charge is 2.37. The van der Waals surface area contributed by atoms with Crippen LogP contribution in [-0.4, -0.2) is 65.0 Å². The van der Waals surface area contributed by atoms with Crippen LogP contribution in [0.25, 0.3) is 11.1 Å². The number of benzene rings is 2. The number of aliphatic hydroxyl groups excluding tert-OH is 1. The number of fused-ring (bicyclic) bond motifs is 3. The van der Waals surface area contributed by atoms with Gasteiger partial charge in [-0.25, -0.2) is 9.59 Å². The summed E-state index contributed by atoms with van der Waals surface area (Å²) in [5.41, 5.74) is 2.51. The minimum Gasteiger partial charge on any atom is -0.479 e. The molecule has 0 aliphatic heterocycles. The molecular weight excluding hydrogens is 444 g/mol. The number of thioether (sulfide) groups is 1. The molecule has 0 bridgehead atoms. The van der Waals surface area contributed by atoms with Crippen molar-refractivity contribution < 1.29 is 29.3 Å². The Morgan fingerprint density at radius 3 is 2.18 bits per heavy atom. The second kappa shape index (κ2) is 10.7. The van der Waals surface area contributed by atoms with Crippen LogP contribution in [0.2, 0.25) is 0 Å². The van der Waals surface area contributed by atoms with Gasteiger partial charge in [-0.1, -0.05) is 48.5 Å². The minimum absolute atomic E-state index is 0.0974. The van der Waals surface area contributed by atoms with Gasteiger partial charge in [-0.2, -0.15) is 11.8 Å². The Bertz CT molecular complexity index is 984. The predicted octanol–water partition coefficient (Wildman–Crippen LogP) is 2.60. The van der Waals surface area contributed by atoms with E-state index < -0.39 is 36.2 Å². The van der Waals surface area contributed by atoms with E-state index in [-0.39, 0.29) is 18.9 Å². The summed E-state index contributed by atoms with van der Waals surface area (Å²) in [5.74, 6) is -1.63. The molecular formula is C24H28N2O6S. The van der Waals surface area contributed by atoms with E-state index in [1.54, 1.807) is 0 Å². The topological polar surface area (TPSA) is 125 Å². The number of ether oxygens (including phenoxy) is 1. The Balaban J connectivity index is 1.67. The Morgan fingerprint density at radius 2 is 1.67 bits per heavy atom. The van der Waals surface area contributed by atoms with Gasteiger partial charge in [-0.05, 0) is 47.6 Å². The molecule has 0 heterocycles. The standard InChI is InChI=1S/C24H28N2O6S/c1-24(14-27,22(29)30)26-21(28)20(11-12-33-2)25-23(31)32-13-19-17-9-5-3-7-15(17)16-8-4-6-10-18(16)19/h3-10,19-20,27H,11-14H2,1-2H3,(H,25,31)(H,26,28)(H,29,30). The van der Waals surface area contributed by atoms with Gasteiger partial charge < -0.3 is 25.6 Å². The number of aliphatic hydroxyl groups is 1. The summed E-state index contributed by atoms with van der Waals surface area (Å²) >= 11 is 1.48. The molecule has 0 fully saturated rings. The van der Waals surface area contributed by atoms with Crippen molar-refractivity contribution in [1.82, 2.24) is 10.6 Å². The number of nitrogens with one attached hydrogen (secondary N) is 2. The second-order valence-corrected chi connectivity index (χ2v) is 9.07. The Hall–Kier alpha value is -3.04. The van der Waals surface area contributed by atoms with Crippen LogP contribution in [0.1, 0.15) is 30.4 Å². The van der Waals surface area contributed by atoms with E-state index in [1.165, 1.54) is 18.7 Å². The molecule has 0 spiro atoms. The van der Waals surface area contributed by atoms with Gasteiger partial charge in [-0.3, -0.25) is 4.79 Å². The molecule has 1 aliphatic rings. The van der Waals surface area contributed by atoms with Gasteiger partial charge in [0.05, 0.1) is 6.61 Å². The van der Waals surface area contributed by atoms with Gasteiger partial charge in [0.25, 0.3) is 0 Å². The molecule has 0 radical (unpaired) electrons. The Morgan fingerprint density at radius 1 is 1.09 bits per heavy atom. The van der Waals surface area contributed by atoms with Crippen molar-refractivity contribution in [2.24, 2.45) is 0 Å². The number of aliphatic carboxylic acids is 1. The van der Waals surface area contributed by atoms with Gasteiger partial charge in [-0.15, -0.1) is 0 Å². The van der Waals surface area contributed by atoms with Crippen LogP contribution < -0.4 is 10.6 Å². The quantitative estimate of drug-likeness (QED) is 0.419. The molecule has 2 aromatic carbocycles. The summed E-state index contributed by atoms with van der Waals surface area (Å²) in [6.45, 7) is 0.515. The lowest BCUT2D eigenvalue weighted by Crippen LogP contribution is -2.59. The molecule has 3 rings (SSSR count). The molecule has 4 N–H and O–H groups in total. The summed E-state index contributed by atoms with van der Waals surface area (Å²) in [4.78, 5) is 36.7. The molecule has 8 nitrogen and oxygen atoms in total. The number of carbonyl (C=O) groups is 3. The van der Waals surface area contributed by atoms with Gasteiger partial charge in [0.1, 0.15) is 12.6 Å². The smallest absolute Gasteiger partial charge is 0.407 e. The van der Waals surface area contributed by atoms with E-state index >= 15 is 0 Å². The molecule has 2 aromatic rings. The third-order valence-electron chi connectivity index (χ3n) is 5.75. The van der Waals surface area contributed by atoms with Crippen LogP contribution >= 0.6 is 11.8 Å². The maximum Gasteiger partial charge on any atom is 0.407 e. The minimum atomic E-state index is -1.85. The third kappa shape index (κ3) is 5.48. The van der Waals surface area contributed by atoms with Crippen LogP contribution in [0, 0.1) is 0 Å². The normalized spacial score (nSPS) is 15.0. The number of hydrogen-bond donors (Lipinski definition) is 4. The molecule has 1 aliphatic carbocycles. The average Bonchev–Trinajstić information content (AvgIpc) is 3.13. The summed E-state index contributed by atoms with van der Waals surface area (Å²) in [5, 5.41) is 23.6. The highest BCUT2D eigenvalue weighted by molar-refractivity contribution is 7.98. The van der Waals surface area contributed by atoms with Crippen LogP contribution in [-0.2, 0) is 14.3 Å². The Kier molecular flexibility index (Phi) is 7.99. The maximum atomic E-state index is 12.7. The van der Waals surface area contributed by atoms with Gasteiger partial charge in [0.15, 0.2) is 5.54 Å². The van der Waals surface area contributed by atoms with Gasteiger partial charge in [0.2, 0.25) is 5.91 Å². The second-order valence-electron chi connectivity index (χ2n) is 8.09. The van der Waals surface area contributed by atoms with Crippen molar-refractivity contribution in [2.75, 3.05) is 25.2 Å². The number of carboxylic acid groups (broad SMARTS) is 1. The summed E-state index contributed by atoms with van der Waals surface area (Å²) in [7, 11) is 0. The van der Waals surface area contributed by atoms with Crippen LogP contribution in [0.5, 0.6) is 0 Å². The summed E-state index contributed by atoms with van der Waals surface area (Å²) in [6.07, 6.45) is 1.37. The predicted molar refractivity (Wildman–Crippen MR) is 126 cm³/mol. The van der Waals surface area contributed by atoms with Crippen LogP contribution in [0.15, 0.2) is 48.5 Å². The molecule has 9 heteroatoms. The highest BCUT2D eigenvalue weighted by Crippen LogP contribution is 2.44. The molecule has 2 unspecified atom stereocenters. The van der Waals surface area contributed by atoms with E-state index in [2.05, 4.69) is 10.6 Å². The van der Waals surface area contributed by atoms with Crippen molar-refractivity contribution in [2.45, 2.75) is 30.8 Å². The van der Waals surface area contributed by atoms with Crippen molar-refractivity contribution in [3.63, 3.8) is 0 Å². The summed E-state index contributed by atoms with van der Waals surface area (Å²) in [6, 6.07) is 14.9. The lowest BCUT2D eigenvalue weighted by molar-refractivity contribution is -0.149. The number of carbonyl (C=O) groups excluding carboxylic acids is 2. The lowest BCUT2D eigenvalue weighted by Gasteiger charge is -2.27. The molecule has 2 amide bonds. The zero-order chi connectivity index (χ0) is 24.0. The van der Waals surface area contributed by atoms with Gasteiger partial charge in [0, 0.05) is 5.92 Å². The van der Waals surface area contributed by atoms with Gasteiger partial charge >= 0.3 is 12.1 Å². The van der Waals surface area contributed by atoms with Crippen molar-refractivity contribution in [3.8, 4) is 11.1 Å². The van der Waals surface area contributed by atoms with Crippen molar-refractivity contribution in [1.29, 1.82) is 0 Å². The fourth-order valence-corrected chi connectivity index (χ4v) is 4.28. The van der Waals surface area contributed by atoms with E-state index in [1.807, 2.05) is 54.8 Å². The number of amides is 2. The van der Waals surface area contributed by atoms with E-state index in [0.29, 0.717) is 5.75 Å². The fraction of sp³-hybridized carbons (Fsp3) is 0.375. The first-order chi connectivity index (χ1) is 15.8. The van der Waals surface area contributed by atoms with Crippen LogP contribution in [0.4, 0.5) is 4.79 Å². The first kappa shape index (κ1) is 24.6. The van der Waals surface area contributed by atoms with Crippen LogP contribution in [0.3, 0.4) is 0 Å². The zero-order valence-corrected chi connectivity index (χ0v) is 19.4. The van der Waals surface area contributed by atoms with E-state index in [4.69, 9.17) is 4.74 Å². The van der Waals surface area contributed by atoms with E-state index in [0.717, 1.165) is 22.3 Å². The highest BCUT2D eigenvalue weighted by atomic mass is 32.2. The van der Waals surface area contributed by atoms with Crippen molar-refractivity contribution in [3.05, 3.63) is 59.7 Å². The monoisotopic (exact) mass is 472 g/mol. The molecule has 0 saturated carbocycles. The molecule has 2 atom stereocenters. The number of carboxylic acids is 1. The first-order valence-corrected chi connectivity index (χ1v) is 12.0. The lowest BCUT2D eigenvalue weighted by atomic mass is 9.98. The first-order valence-electron chi connectivity index (χ1n) is 10.6. The Labute approximate surface area is 196 Å².